The molecule has 16 heavy (non-hydrogen) atoms. The zero-order valence-corrected chi connectivity index (χ0v) is 10.8. The Kier molecular flexibility index (Phi) is 5.10. The summed E-state index contributed by atoms with van der Waals surface area (Å²) in [5.74, 6) is 1.52. The van der Waals surface area contributed by atoms with E-state index < -0.39 is 0 Å². The van der Waals surface area contributed by atoms with Crippen LogP contribution < -0.4 is 4.74 Å². The summed E-state index contributed by atoms with van der Waals surface area (Å²) < 4.78 is 5.77. The third-order valence-electron chi connectivity index (χ3n) is 2.52. The first-order chi connectivity index (χ1) is 7.65. The first-order valence-corrected chi connectivity index (χ1v) is 6.03. The second-order valence-corrected chi connectivity index (χ2v) is 4.39. The summed E-state index contributed by atoms with van der Waals surface area (Å²) in [6, 6.07) is 6.39. The molecule has 1 nitrogen and oxygen atoms in total. The maximum absolute atomic E-state index is 5.77. The molecule has 0 amide bonds. The standard InChI is InChI=1S/C15H22O/c1-5-6-7-10-16-15-9-8-13(4)11-14(15)12(2)3/h6-9,11-12H,5,10H2,1-4H3/b7-6+. The van der Waals surface area contributed by atoms with Gasteiger partial charge < -0.3 is 4.74 Å². The minimum atomic E-state index is 0.505. The van der Waals surface area contributed by atoms with Crippen molar-refractivity contribution < 1.29 is 4.74 Å². The van der Waals surface area contributed by atoms with E-state index in [-0.39, 0.29) is 0 Å². The van der Waals surface area contributed by atoms with Crippen molar-refractivity contribution in [1.82, 2.24) is 0 Å². The SMILES string of the molecule is CC/C=C/COc1ccc(C)cc1C(C)C. The van der Waals surface area contributed by atoms with Crippen LogP contribution in [0, 0.1) is 6.92 Å². The summed E-state index contributed by atoms with van der Waals surface area (Å²) in [7, 11) is 0. The number of benzene rings is 1. The molecule has 0 spiro atoms. The Hall–Kier alpha value is -1.24. The molecule has 0 aliphatic carbocycles. The monoisotopic (exact) mass is 218 g/mol. The Balaban J connectivity index is 2.74. The largest absolute Gasteiger partial charge is 0.489 e. The second-order valence-electron chi connectivity index (χ2n) is 4.39. The van der Waals surface area contributed by atoms with Gasteiger partial charge in [-0.1, -0.05) is 50.6 Å². The number of allylic oxidation sites excluding steroid dienone is 1. The molecule has 1 aromatic carbocycles. The fourth-order valence-corrected chi connectivity index (χ4v) is 1.62. The van der Waals surface area contributed by atoms with Crippen LogP contribution in [0.5, 0.6) is 5.75 Å². The highest BCUT2D eigenvalue weighted by Gasteiger charge is 2.07. The minimum absolute atomic E-state index is 0.505. The average Bonchev–Trinajstić information content (AvgIpc) is 2.26. The van der Waals surface area contributed by atoms with E-state index >= 15 is 0 Å². The van der Waals surface area contributed by atoms with Crippen LogP contribution in [-0.2, 0) is 0 Å². The molecule has 1 rings (SSSR count). The quantitative estimate of drug-likeness (QED) is 0.663. The maximum atomic E-state index is 5.77. The zero-order chi connectivity index (χ0) is 12.0. The van der Waals surface area contributed by atoms with Crippen molar-refractivity contribution in [2.45, 2.75) is 40.0 Å². The van der Waals surface area contributed by atoms with Gasteiger partial charge in [0.15, 0.2) is 0 Å². The summed E-state index contributed by atoms with van der Waals surface area (Å²) in [5.41, 5.74) is 2.59. The van der Waals surface area contributed by atoms with Gasteiger partial charge in [0.1, 0.15) is 12.4 Å². The molecule has 1 heteroatoms. The molecule has 0 saturated carbocycles. The summed E-state index contributed by atoms with van der Waals surface area (Å²) in [5, 5.41) is 0. The van der Waals surface area contributed by atoms with Crippen LogP contribution in [0.4, 0.5) is 0 Å². The number of aryl methyl sites for hydroxylation is 1. The second kappa shape index (κ2) is 6.37. The molecule has 0 heterocycles. The normalized spacial score (nSPS) is 11.3. The van der Waals surface area contributed by atoms with Gasteiger partial charge in [0.05, 0.1) is 0 Å². The van der Waals surface area contributed by atoms with E-state index in [2.05, 4.69) is 58.0 Å². The van der Waals surface area contributed by atoms with Gasteiger partial charge in [0.25, 0.3) is 0 Å². The fraction of sp³-hybridized carbons (Fsp3) is 0.467. The molecule has 0 unspecified atom stereocenters. The lowest BCUT2D eigenvalue weighted by molar-refractivity contribution is 0.357. The molecule has 0 radical (unpaired) electrons. The van der Waals surface area contributed by atoms with Crippen LogP contribution >= 0.6 is 0 Å². The van der Waals surface area contributed by atoms with E-state index in [1.54, 1.807) is 0 Å². The summed E-state index contributed by atoms with van der Waals surface area (Å²) in [4.78, 5) is 0. The van der Waals surface area contributed by atoms with E-state index in [4.69, 9.17) is 4.74 Å². The highest BCUT2D eigenvalue weighted by molar-refractivity contribution is 5.39. The smallest absolute Gasteiger partial charge is 0.123 e. The maximum Gasteiger partial charge on any atom is 0.123 e. The molecular formula is C15H22O. The highest BCUT2D eigenvalue weighted by atomic mass is 16.5. The van der Waals surface area contributed by atoms with Gasteiger partial charge in [-0.15, -0.1) is 0 Å². The molecule has 88 valence electrons. The number of ether oxygens (including phenoxy) is 1. The van der Waals surface area contributed by atoms with Gasteiger partial charge in [0, 0.05) is 0 Å². The minimum Gasteiger partial charge on any atom is -0.489 e. The van der Waals surface area contributed by atoms with Crippen molar-refractivity contribution in [3.05, 3.63) is 41.5 Å². The van der Waals surface area contributed by atoms with Crippen molar-refractivity contribution >= 4 is 0 Å². The Bertz CT molecular complexity index is 350. The van der Waals surface area contributed by atoms with Crippen LogP contribution in [0.3, 0.4) is 0 Å². The number of rotatable bonds is 5. The molecule has 0 saturated heterocycles. The predicted octanol–water partition coefficient (Wildman–Crippen LogP) is 4.46. The molecule has 0 N–H and O–H groups in total. The van der Waals surface area contributed by atoms with Gasteiger partial charge in [0.2, 0.25) is 0 Å². The van der Waals surface area contributed by atoms with Crippen LogP contribution in [-0.4, -0.2) is 6.61 Å². The molecular weight excluding hydrogens is 196 g/mol. The Labute approximate surface area is 99.1 Å². The predicted molar refractivity (Wildman–Crippen MR) is 70.2 cm³/mol. The molecule has 1 aromatic rings. The Morgan fingerprint density at radius 2 is 2.00 bits per heavy atom. The topological polar surface area (TPSA) is 9.23 Å². The van der Waals surface area contributed by atoms with Crippen molar-refractivity contribution in [2.75, 3.05) is 6.61 Å². The molecule has 0 aromatic heterocycles. The third kappa shape index (κ3) is 3.73. The Morgan fingerprint density at radius 3 is 2.62 bits per heavy atom. The van der Waals surface area contributed by atoms with E-state index in [1.807, 2.05) is 0 Å². The molecule has 0 fully saturated rings. The summed E-state index contributed by atoms with van der Waals surface area (Å²) in [6.07, 6.45) is 5.27. The molecule has 0 aliphatic heterocycles. The molecule has 0 bridgehead atoms. The lowest BCUT2D eigenvalue weighted by Crippen LogP contribution is -1.99. The van der Waals surface area contributed by atoms with Gasteiger partial charge in [-0.2, -0.15) is 0 Å². The van der Waals surface area contributed by atoms with Crippen LogP contribution in [0.25, 0.3) is 0 Å². The van der Waals surface area contributed by atoms with Crippen LogP contribution in [0.15, 0.2) is 30.4 Å². The number of hydrogen-bond acceptors (Lipinski definition) is 1. The summed E-state index contributed by atoms with van der Waals surface area (Å²) in [6.45, 7) is 9.30. The van der Waals surface area contributed by atoms with E-state index in [1.165, 1.54) is 11.1 Å². The van der Waals surface area contributed by atoms with Gasteiger partial charge in [-0.3, -0.25) is 0 Å². The van der Waals surface area contributed by atoms with Gasteiger partial charge >= 0.3 is 0 Å². The van der Waals surface area contributed by atoms with Gasteiger partial charge in [-0.25, -0.2) is 0 Å². The first-order valence-electron chi connectivity index (χ1n) is 6.03. The lowest BCUT2D eigenvalue weighted by atomic mass is 10.00. The van der Waals surface area contributed by atoms with Crippen LogP contribution in [0.1, 0.15) is 44.2 Å². The molecule has 0 atom stereocenters. The zero-order valence-electron chi connectivity index (χ0n) is 10.8. The number of hydrogen-bond donors (Lipinski definition) is 0. The Morgan fingerprint density at radius 1 is 1.25 bits per heavy atom. The van der Waals surface area contributed by atoms with Crippen molar-refractivity contribution in [1.29, 1.82) is 0 Å². The van der Waals surface area contributed by atoms with Crippen molar-refractivity contribution in [3.8, 4) is 5.75 Å². The first kappa shape index (κ1) is 12.8. The lowest BCUT2D eigenvalue weighted by Gasteiger charge is -2.13. The fourth-order valence-electron chi connectivity index (χ4n) is 1.62. The van der Waals surface area contributed by atoms with E-state index in [9.17, 15) is 0 Å². The average molecular weight is 218 g/mol. The van der Waals surface area contributed by atoms with Crippen molar-refractivity contribution in [2.24, 2.45) is 0 Å². The van der Waals surface area contributed by atoms with Gasteiger partial charge in [-0.05, 0) is 30.9 Å². The van der Waals surface area contributed by atoms with Crippen molar-refractivity contribution in [3.63, 3.8) is 0 Å². The third-order valence-corrected chi connectivity index (χ3v) is 2.52. The van der Waals surface area contributed by atoms with Crippen LogP contribution in [0.2, 0.25) is 0 Å². The molecule has 0 aliphatic rings. The highest BCUT2D eigenvalue weighted by Crippen LogP contribution is 2.27. The van der Waals surface area contributed by atoms with E-state index in [0.717, 1.165) is 12.2 Å². The summed E-state index contributed by atoms with van der Waals surface area (Å²) >= 11 is 0. The van der Waals surface area contributed by atoms with E-state index in [0.29, 0.717) is 12.5 Å².